The molecule has 0 fully saturated rings. The van der Waals surface area contributed by atoms with Crippen molar-refractivity contribution in [3.05, 3.63) is 125 Å². The normalized spacial score (nSPS) is 11.4. The van der Waals surface area contributed by atoms with Crippen molar-refractivity contribution in [2.45, 2.75) is 89.9 Å². The first-order valence-corrected chi connectivity index (χ1v) is 22.6. The summed E-state index contributed by atoms with van der Waals surface area (Å²) in [5.41, 5.74) is 1.11. The summed E-state index contributed by atoms with van der Waals surface area (Å²) in [7, 11) is 1.59. The van der Waals surface area contributed by atoms with E-state index in [-0.39, 0.29) is 5.97 Å². The summed E-state index contributed by atoms with van der Waals surface area (Å²) in [6.45, 7) is 0. The predicted molar refractivity (Wildman–Crippen MR) is 219 cm³/mol. The summed E-state index contributed by atoms with van der Waals surface area (Å²) in [6.07, 6.45) is 18.1. The average Bonchev–Trinajstić information content (AvgIpc) is 3.59. The summed E-state index contributed by atoms with van der Waals surface area (Å²) in [5, 5.41) is 4.48. The highest BCUT2D eigenvalue weighted by Crippen LogP contribution is 2.56. The maximum Gasteiger partial charge on any atom is 0.311 e. The van der Waals surface area contributed by atoms with Crippen molar-refractivity contribution in [1.29, 1.82) is 0 Å². The van der Waals surface area contributed by atoms with Gasteiger partial charge in [-0.1, -0.05) is 152 Å². The molecule has 5 rings (SSSR count). The van der Waals surface area contributed by atoms with E-state index in [4.69, 9.17) is 17.0 Å². The number of ether oxygens (including phenoxy) is 1. The van der Waals surface area contributed by atoms with E-state index in [9.17, 15) is 4.79 Å². The fraction of sp³-hybridized carbons (Fsp3) is 0.349. The maximum atomic E-state index is 12.3. The molecule has 1 heterocycles. The largest absolute Gasteiger partial charge is 0.427 e. The van der Waals surface area contributed by atoms with Crippen LogP contribution >= 0.6 is 40.2 Å². The molecule has 1 aromatic heterocycles. The van der Waals surface area contributed by atoms with E-state index in [1.165, 1.54) is 92.7 Å². The zero-order valence-electron chi connectivity index (χ0n) is 28.6. The van der Waals surface area contributed by atoms with Gasteiger partial charge in [-0.05, 0) is 91.6 Å². The number of hydrogen-bond acceptors (Lipinski definition) is 5. The molecule has 0 unspecified atom stereocenters. The summed E-state index contributed by atoms with van der Waals surface area (Å²) in [5.74, 6) is 0.480. The van der Waals surface area contributed by atoms with Crippen molar-refractivity contribution in [2.75, 3.05) is 6.16 Å². The molecule has 6 heteroatoms. The molecule has 0 bridgehead atoms. The van der Waals surface area contributed by atoms with Gasteiger partial charge in [-0.25, -0.2) is 0 Å². The van der Waals surface area contributed by atoms with E-state index in [2.05, 4.69) is 91.0 Å². The lowest BCUT2D eigenvalue weighted by molar-refractivity contribution is -0.134. The van der Waals surface area contributed by atoms with Gasteiger partial charge in [0.1, 0.15) is 32.7 Å². The minimum absolute atomic E-state index is 0.136. The molecule has 256 valence electrons. The average molecular weight is 726 g/mol. The Morgan fingerprint density at radius 2 is 0.959 bits per heavy atom. The van der Waals surface area contributed by atoms with Crippen molar-refractivity contribution < 1.29 is 9.53 Å². The molecule has 0 radical (unpaired) electrons. The van der Waals surface area contributed by atoms with Gasteiger partial charge in [-0.15, -0.1) is 0 Å². The minimum Gasteiger partial charge on any atom is -0.427 e. The van der Waals surface area contributed by atoms with E-state index >= 15 is 0 Å². The van der Waals surface area contributed by atoms with Crippen molar-refractivity contribution in [2.24, 2.45) is 0 Å². The second-order valence-electron chi connectivity index (χ2n) is 12.9. The van der Waals surface area contributed by atoms with Crippen LogP contribution in [-0.4, -0.2) is 12.1 Å². The lowest BCUT2D eigenvalue weighted by Crippen LogP contribution is -2.33. The molecule has 0 aliphatic carbocycles. The van der Waals surface area contributed by atoms with E-state index in [1.54, 1.807) is 20.7 Å². The van der Waals surface area contributed by atoms with Gasteiger partial charge in [0.25, 0.3) is 0 Å². The van der Waals surface area contributed by atoms with E-state index in [0.29, 0.717) is 12.2 Å². The van der Waals surface area contributed by atoms with Crippen LogP contribution in [0.4, 0.5) is 0 Å². The summed E-state index contributed by atoms with van der Waals surface area (Å²) in [4.78, 5) is 13.4. The maximum absolute atomic E-state index is 12.3. The van der Waals surface area contributed by atoms with Gasteiger partial charge in [-0.2, -0.15) is 0 Å². The van der Waals surface area contributed by atoms with Crippen LogP contribution in [0, 0.1) is 3.82 Å². The van der Waals surface area contributed by atoms with Gasteiger partial charge in [0.05, 0.1) is 6.16 Å². The molecular formula is C43H50O2PS3+. The van der Waals surface area contributed by atoms with Crippen LogP contribution in [-0.2, 0) is 4.79 Å². The molecular weight excluding hydrogens is 676 g/mol. The van der Waals surface area contributed by atoms with Crippen LogP contribution in [0.3, 0.4) is 0 Å². The summed E-state index contributed by atoms with van der Waals surface area (Å²) in [6, 6.07) is 43.6. The SMILES string of the molecule is O=C(CCCCCCCCCCCCCCC[P+](c1ccccc1)(c1ccccc1)c1ccccc1)Oc1ccc(-c2cc(=S)ss2)cc1. The minimum atomic E-state index is -1.69. The Labute approximate surface area is 307 Å². The number of carbonyl (C=O) groups is 1. The zero-order valence-corrected chi connectivity index (χ0v) is 32.0. The zero-order chi connectivity index (χ0) is 34.0. The van der Waals surface area contributed by atoms with Gasteiger partial charge in [0.15, 0.2) is 0 Å². The van der Waals surface area contributed by atoms with Gasteiger partial charge >= 0.3 is 5.97 Å². The van der Waals surface area contributed by atoms with Crippen molar-refractivity contribution in [3.63, 3.8) is 0 Å². The molecule has 0 saturated heterocycles. The first-order valence-electron chi connectivity index (χ1n) is 18.1. The van der Waals surface area contributed by atoms with Crippen LogP contribution in [0.15, 0.2) is 121 Å². The number of esters is 1. The molecule has 0 N–H and O–H groups in total. The first-order chi connectivity index (χ1) is 24.1. The molecule has 5 aromatic rings. The Morgan fingerprint density at radius 1 is 0.531 bits per heavy atom. The fourth-order valence-corrected chi connectivity index (χ4v) is 13.5. The lowest BCUT2D eigenvalue weighted by atomic mass is 10.0. The molecule has 49 heavy (non-hydrogen) atoms. The van der Waals surface area contributed by atoms with Crippen molar-refractivity contribution >= 4 is 62.0 Å². The lowest BCUT2D eigenvalue weighted by Gasteiger charge is -2.27. The van der Waals surface area contributed by atoms with Gasteiger partial charge < -0.3 is 4.74 Å². The second kappa shape index (κ2) is 20.7. The molecule has 0 aliphatic rings. The molecule has 0 spiro atoms. The highest BCUT2D eigenvalue weighted by atomic mass is 32.9. The Morgan fingerprint density at radius 3 is 1.39 bits per heavy atom. The smallest absolute Gasteiger partial charge is 0.311 e. The molecule has 2 nitrogen and oxygen atoms in total. The fourth-order valence-electron chi connectivity index (χ4n) is 6.69. The monoisotopic (exact) mass is 725 g/mol. The van der Waals surface area contributed by atoms with Gasteiger partial charge in [0.2, 0.25) is 0 Å². The Bertz CT molecular complexity index is 1600. The highest BCUT2D eigenvalue weighted by molar-refractivity contribution is 7.95. The predicted octanol–water partition coefficient (Wildman–Crippen LogP) is 12.6. The molecule has 0 amide bonds. The second-order valence-corrected chi connectivity index (χ2v) is 19.4. The number of rotatable bonds is 21. The number of unbranched alkanes of at least 4 members (excludes halogenated alkanes) is 12. The van der Waals surface area contributed by atoms with Crippen molar-refractivity contribution in [3.8, 4) is 16.2 Å². The third-order valence-electron chi connectivity index (χ3n) is 9.30. The number of hydrogen-bond donors (Lipinski definition) is 0. The third-order valence-corrected chi connectivity index (χ3v) is 16.7. The quantitative estimate of drug-likeness (QED) is 0.0188. The molecule has 4 aromatic carbocycles. The third kappa shape index (κ3) is 11.5. The van der Waals surface area contributed by atoms with E-state index < -0.39 is 7.26 Å². The van der Waals surface area contributed by atoms with Crippen molar-refractivity contribution in [1.82, 2.24) is 0 Å². The van der Waals surface area contributed by atoms with Crippen LogP contribution in [0.2, 0.25) is 0 Å². The molecule has 0 aliphatic heterocycles. The van der Waals surface area contributed by atoms with Crippen LogP contribution < -0.4 is 20.7 Å². The summed E-state index contributed by atoms with van der Waals surface area (Å²) >= 11 is 5.23. The Kier molecular flexibility index (Phi) is 15.7. The van der Waals surface area contributed by atoms with Gasteiger partial charge in [0, 0.05) is 11.3 Å². The molecule has 0 atom stereocenters. The van der Waals surface area contributed by atoms with Gasteiger partial charge in [-0.3, -0.25) is 4.79 Å². The van der Waals surface area contributed by atoms with Crippen LogP contribution in [0.25, 0.3) is 10.4 Å². The van der Waals surface area contributed by atoms with Crippen LogP contribution in [0.5, 0.6) is 5.75 Å². The van der Waals surface area contributed by atoms with E-state index in [1.807, 2.05) is 30.3 Å². The Balaban J connectivity index is 0.906. The Hall–Kier alpha value is -2.95. The number of benzene rings is 4. The van der Waals surface area contributed by atoms with Crippen LogP contribution in [0.1, 0.15) is 89.9 Å². The molecule has 0 saturated carbocycles. The topological polar surface area (TPSA) is 26.3 Å². The van der Waals surface area contributed by atoms with E-state index in [0.717, 1.165) is 27.1 Å². The first kappa shape index (κ1) is 37.3. The standard InChI is InChI=1S/C43H50O2PS3/c44-42(45-37-32-30-36(31-33-37)41-35-43(47)49-48-41)29-21-10-8-6-4-2-1-3-5-7-9-11-22-34-46(38-23-15-12-16-24-38,39-25-17-13-18-26-39)40-27-19-14-20-28-40/h12-20,23-28,30-33,35H,1-11,21-22,29,34H2/q+1. The highest BCUT2D eigenvalue weighted by Gasteiger charge is 2.44. The number of carbonyl (C=O) groups excluding carboxylic acids is 1. The summed E-state index contributed by atoms with van der Waals surface area (Å²) < 4.78 is 6.44.